The zero-order valence-corrected chi connectivity index (χ0v) is 16.5. The van der Waals surface area contributed by atoms with Gasteiger partial charge in [0.15, 0.2) is 0 Å². The van der Waals surface area contributed by atoms with Crippen LogP contribution in [0.25, 0.3) is 0 Å². The molecule has 0 unspecified atom stereocenters. The average molecular weight is 337 g/mol. The molecule has 1 rings (SSSR count). The van der Waals surface area contributed by atoms with Crippen LogP contribution in [0, 0.1) is 5.41 Å². The van der Waals surface area contributed by atoms with Crippen LogP contribution in [0.2, 0.25) is 0 Å². The van der Waals surface area contributed by atoms with Crippen LogP contribution in [0.3, 0.4) is 0 Å². The van der Waals surface area contributed by atoms with Crippen molar-refractivity contribution in [2.24, 2.45) is 10.4 Å². The van der Waals surface area contributed by atoms with Gasteiger partial charge in [-0.2, -0.15) is 4.99 Å². The molecule has 0 spiro atoms. The fraction of sp³-hybridized carbons (Fsp3) is 0.857. The number of nitrogens with one attached hydrogen (secondary N) is 1. The fourth-order valence-corrected chi connectivity index (χ4v) is 3.69. The summed E-state index contributed by atoms with van der Waals surface area (Å²) in [7, 11) is 0. The maximum absolute atomic E-state index is 5.23. The summed E-state index contributed by atoms with van der Waals surface area (Å²) in [5.74, 6) is 1.49. The van der Waals surface area contributed by atoms with Crippen molar-refractivity contribution in [3.05, 3.63) is 12.5 Å². The Morgan fingerprint density at radius 2 is 1.33 bits per heavy atom. The normalized spacial score (nSPS) is 14.5. The summed E-state index contributed by atoms with van der Waals surface area (Å²) in [6, 6.07) is 0. The highest BCUT2D eigenvalue weighted by Crippen LogP contribution is 2.35. The Morgan fingerprint density at radius 1 is 0.833 bits per heavy atom. The number of rotatable bonds is 15. The minimum absolute atomic E-state index is 0.138. The zero-order chi connectivity index (χ0) is 17.7. The second kappa shape index (κ2) is 12.4. The van der Waals surface area contributed by atoms with Gasteiger partial charge in [0.2, 0.25) is 5.88 Å². The lowest BCUT2D eigenvalue weighted by molar-refractivity contribution is 0.167. The molecule has 1 aliphatic heterocycles. The lowest BCUT2D eigenvalue weighted by atomic mass is 9.76. The number of amidine groups is 1. The molecule has 3 nitrogen and oxygen atoms in total. The van der Waals surface area contributed by atoms with Crippen molar-refractivity contribution in [2.45, 2.75) is 111 Å². The van der Waals surface area contributed by atoms with Gasteiger partial charge in [0.25, 0.3) is 0 Å². The summed E-state index contributed by atoms with van der Waals surface area (Å²) in [6.45, 7) is 10.6. The molecule has 0 fully saturated rings. The van der Waals surface area contributed by atoms with Crippen molar-refractivity contribution in [2.75, 3.05) is 0 Å². The molecule has 0 bridgehead atoms. The van der Waals surface area contributed by atoms with Crippen molar-refractivity contribution in [3.8, 4) is 0 Å². The molecule has 0 amide bonds. The van der Waals surface area contributed by atoms with Crippen LogP contribution in [0.1, 0.15) is 111 Å². The number of unbranched alkanes of at least 4 members (excludes halogenated alkanes) is 10. The molecule has 3 heteroatoms. The number of hydroxylamine groups is 1. The highest BCUT2D eigenvalue weighted by molar-refractivity contribution is 5.89. The van der Waals surface area contributed by atoms with E-state index in [9.17, 15) is 0 Å². The minimum Gasteiger partial charge on any atom is -0.361 e. The van der Waals surface area contributed by atoms with E-state index >= 15 is 0 Å². The third kappa shape index (κ3) is 7.27. The van der Waals surface area contributed by atoms with E-state index in [1.807, 2.05) is 0 Å². The Kier molecular flexibility index (Phi) is 10.9. The van der Waals surface area contributed by atoms with E-state index in [2.05, 4.69) is 37.8 Å². The molecule has 0 saturated heterocycles. The largest absolute Gasteiger partial charge is 0.361 e. The predicted molar refractivity (Wildman–Crippen MR) is 105 cm³/mol. The first-order valence-corrected chi connectivity index (χ1v) is 10.4. The van der Waals surface area contributed by atoms with Gasteiger partial charge in [0.05, 0.1) is 0 Å². The molecule has 0 saturated carbocycles. The molecule has 24 heavy (non-hydrogen) atoms. The van der Waals surface area contributed by atoms with Crippen molar-refractivity contribution in [1.82, 2.24) is 5.48 Å². The van der Waals surface area contributed by atoms with Crippen LogP contribution < -0.4 is 5.48 Å². The van der Waals surface area contributed by atoms with E-state index in [1.165, 1.54) is 77.0 Å². The molecule has 0 aromatic rings. The first-order chi connectivity index (χ1) is 11.7. The Labute approximate surface area is 150 Å². The molecule has 0 radical (unpaired) electrons. The standard InChI is InChI=1S/C21H40N2O/c1-5-8-9-10-11-12-13-14-15-16-17-18-21(6-2,7-3)20-22-19(4)24-23-20/h4-18H2,1-3H3,(H,22,23). The summed E-state index contributed by atoms with van der Waals surface area (Å²) in [4.78, 5) is 9.70. The van der Waals surface area contributed by atoms with Crippen LogP contribution in [0.4, 0.5) is 0 Å². The van der Waals surface area contributed by atoms with Crippen LogP contribution in [-0.4, -0.2) is 5.84 Å². The summed E-state index contributed by atoms with van der Waals surface area (Å²) in [5.41, 5.74) is 3.13. The monoisotopic (exact) mass is 336 g/mol. The SMILES string of the molecule is C=C1N=C(C(CC)(CC)CCCCCCCCCCCCC)NO1. The smallest absolute Gasteiger partial charge is 0.240 e. The molecule has 1 N–H and O–H groups in total. The maximum atomic E-state index is 5.23. The van der Waals surface area contributed by atoms with Gasteiger partial charge in [-0.3, -0.25) is 0 Å². The Bertz CT molecular complexity index is 372. The second-order valence-electron chi connectivity index (χ2n) is 7.33. The lowest BCUT2D eigenvalue weighted by Gasteiger charge is -2.30. The van der Waals surface area contributed by atoms with Crippen molar-refractivity contribution >= 4 is 5.84 Å². The van der Waals surface area contributed by atoms with Crippen LogP contribution in [0.5, 0.6) is 0 Å². The Morgan fingerprint density at radius 3 is 1.75 bits per heavy atom. The minimum atomic E-state index is 0.138. The van der Waals surface area contributed by atoms with Crippen molar-refractivity contribution in [1.29, 1.82) is 0 Å². The van der Waals surface area contributed by atoms with E-state index in [-0.39, 0.29) is 5.41 Å². The fourth-order valence-electron chi connectivity index (χ4n) is 3.69. The van der Waals surface area contributed by atoms with Gasteiger partial charge < -0.3 is 4.84 Å². The average Bonchev–Trinajstić information content (AvgIpc) is 3.03. The molecule has 0 aromatic heterocycles. The van der Waals surface area contributed by atoms with Crippen LogP contribution >= 0.6 is 0 Å². The molecular formula is C21H40N2O. The molecule has 0 aromatic carbocycles. The zero-order valence-electron chi connectivity index (χ0n) is 16.5. The third-order valence-electron chi connectivity index (χ3n) is 5.62. The van der Waals surface area contributed by atoms with E-state index in [0.717, 1.165) is 18.7 Å². The summed E-state index contributed by atoms with van der Waals surface area (Å²) in [6.07, 6.45) is 18.7. The van der Waals surface area contributed by atoms with Gasteiger partial charge in [-0.05, 0) is 25.8 Å². The van der Waals surface area contributed by atoms with Gasteiger partial charge in [0.1, 0.15) is 5.84 Å². The number of hydrogen-bond acceptors (Lipinski definition) is 3. The topological polar surface area (TPSA) is 33.6 Å². The first kappa shape index (κ1) is 21.1. The van der Waals surface area contributed by atoms with Crippen molar-refractivity contribution < 1.29 is 4.84 Å². The third-order valence-corrected chi connectivity index (χ3v) is 5.62. The van der Waals surface area contributed by atoms with Gasteiger partial charge >= 0.3 is 0 Å². The number of aliphatic imine (C=N–C) groups is 1. The highest BCUT2D eigenvalue weighted by Gasteiger charge is 2.35. The summed E-state index contributed by atoms with van der Waals surface area (Å²) in [5, 5.41) is 0. The summed E-state index contributed by atoms with van der Waals surface area (Å²) < 4.78 is 0. The molecule has 140 valence electrons. The van der Waals surface area contributed by atoms with Gasteiger partial charge in [0, 0.05) is 5.41 Å². The number of hydrogen-bond donors (Lipinski definition) is 1. The summed E-state index contributed by atoms with van der Waals surface area (Å²) >= 11 is 0. The van der Waals surface area contributed by atoms with E-state index in [0.29, 0.717) is 5.88 Å². The molecule has 1 heterocycles. The van der Waals surface area contributed by atoms with Crippen molar-refractivity contribution in [3.63, 3.8) is 0 Å². The van der Waals surface area contributed by atoms with Gasteiger partial charge in [-0.1, -0.05) is 91.4 Å². The van der Waals surface area contributed by atoms with E-state index in [4.69, 9.17) is 4.84 Å². The van der Waals surface area contributed by atoms with Crippen LogP contribution in [-0.2, 0) is 4.84 Å². The molecule has 0 aliphatic carbocycles. The van der Waals surface area contributed by atoms with Gasteiger partial charge in [-0.15, -0.1) is 0 Å². The number of nitrogens with zero attached hydrogens (tertiary/aromatic N) is 1. The molecule has 0 atom stereocenters. The Hall–Kier alpha value is -0.990. The quantitative estimate of drug-likeness (QED) is 0.330. The van der Waals surface area contributed by atoms with Gasteiger partial charge in [-0.25, -0.2) is 5.48 Å². The van der Waals surface area contributed by atoms with E-state index < -0.39 is 0 Å². The van der Waals surface area contributed by atoms with Crippen LogP contribution in [0.15, 0.2) is 17.5 Å². The highest BCUT2D eigenvalue weighted by atomic mass is 16.7. The maximum Gasteiger partial charge on any atom is 0.240 e. The van der Waals surface area contributed by atoms with E-state index in [1.54, 1.807) is 0 Å². The predicted octanol–water partition coefficient (Wildman–Crippen LogP) is 6.90. The lowest BCUT2D eigenvalue weighted by Crippen LogP contribution is -2.37. The Balaban J connectivity index is 2.12. The molecular weight excluding hydrogens is 296 g/mol. The second-order valence-corrected chi connectivity index (χ2v) is 7.33. The molecule has 1 aliphatic rings. The first-order valence-electron chi connectivity index (χ1n) is 10.4.